The minimum atomic E-state index is -3.59. The average Bonchev–Trinajstić information content (AvgIpc) is 2.47. The number of sulfonamides is 1. The van der Waals surface area contributed by atoms with Crippen molar-refractivity contribution in [3.63, 3.8) is 0 Å². The molecule has 116 valence electrons. The SMILES string of the molecule is CSC1CCCC(NS(=O)(=O)c2ccccc2C(N)=S)C1. The van der Waals surface area contributed by atoms with Gasteiger partial charge in [0, 0.05) is 16.9 Å². The van der Waals surface area contributed by atoms with E-state index in [9.17, 15) is 8.42 Å². The van der Waals surface area contributed by atoms with Gasteiger partial charge in [-0.05, 0) is 31.6 Å². The summed E-state index contributed by atoms with van der Waals surface area (Å²) in [6.45, 7) is 0. The lowest BCUT2D eigenvalue weighted by Gasteiger charge is -2.28. The molecule has 1 fully saturated rings. The third-order valence-electron chi connectivity index (χ3n) is 3.72. The molecule has 4 nitrogen and oxygen atoms in total. The van der Waals surface area contributed by atoms with E-state index in [2.05, 4.69) is 11.0 Å². The van der Waals surface area contributed by atoms with Gasteiger partial charge in [-0.15, -0.1) is 0 Å². The lowest BCUT2D eigenvalue weighted by molar-refractivity contribution is 0.421. The monoisotopic (exact) mass is 344 g/mol. The molecule has 0 radical (unpaired) electrons. The molecule has 0 heterocycles. The van der Waals surface area contributed by atoms with Crippen molar-refractivity contribution in [1.29, 1.82) is 0 Å². The van der Waals surface area contributed by atoms with Crippen LogP contribution in [0.1, 0.15) is 31.2 Å². The first-order chi connectivity index (χ1) is 9.94. The van der Waals surface area contributed by atoms with Crippen molar-refractivity contribution < 1.29 is 8.42 Å². The summed E-state index contributed by atoms with van der Waals surface area (Å²) in [5.41, 5.74) is 6.02. The number of rotatable bonds is 5. The molecule has 0 aliphatic heterocycles. The molecule has 0 aromatic heterocycles. The Kier molecular flexibility index (Phi) is 5.65. The molecule has 0 amide bonds. The minimum absolute atomic E-state index is 0.0133. The van der Waals surface area contributed by atoms with E-state index in [1.807, 2.05) is 0 Å². The van der Waals surface area contributed by atoms with Gasteiger partial charge in [0.2, 0.25) is 10.0 Å². The number of nitrogens with one attached hydrogen (secondary N) is 1. The standard InChI is InChI=1S/C14H20N2O2S3/c1-20-11-6-4-5-10(9-11)16-21(17,18)13-8-3-2-7-12(13)14(15)19/h2-3,7-8,10-11,16H,4-6,9H2,1H3,(H2,15,19). The maximum atomic E-state index is 12.6. The second-order valence-electron chi connectivity index (χ2n) is 5.20. The summed E-state index contributed by atoms with van der Waals surface area (Å²) < 4.78 is 28.0. The van der Waals surface area contributed by atoms with Gasteiger partial charge in [-0.25, -0.2) is 13.1 Å². The molecule has 0 spiro atoms. The molecule has 2 atom stereocenters. The fourth-order valence-electron chi connectivity index (χ4n) is 2.65. The van der Waals surface area contributed by atoms with E-state index in [1.54, 1.807) is 36.0 Å². The third kappa shape index (κ3) is 4.18. The second-order valence-corrected chi connectivity index (χ2v) is 8.46. The zero-order valence-electron chi connectivity index (χ0n) is 11.9. The van der Waals surface area contributed by atoms with Crippen LogP contribution in [0, 0.1) is 0 Å². The molecule has 1 aromatic rings. The highest BCUT2D eigenvalue weighted by atomic mass is 32.2. The Labute approximate surface area is 135 Å². The van der Waals surface area contributed by atoms with Crippen molar-refractivity contribution in [2.75, 3.05) is 6.26 Å². The molecular formula is C14H20N2O2S3. The van der Waals surface area contributed by atoms with Gasteiger partial charge in [0.15, 0.2) is 0 Å². The first-order valence-electron chi connectivity index (χ1n) is 6.88. The smallest absolute Gasteiger partial charge is 0.241 e. The fourth-order valence-corrected chi connectivity index (χ4v) is 5.23. The van der Waals surface area contributed by atoms with Gasteiger partial charge in [-0.2, -0.15) is 11.8 Å². The van der Waals surface area contributed by atoms with E-state index >= 15 is 0 Å². The normalized spacial score (nSPS) is 22.9. The summed E-state index contributed by atoms with van der Waals surface area (Å²) in [4.78, 5) is 0.269. The van der Waals surface area contributed by atoms with Gasteiger partial charge >= 0.3 is 0 Å². The van der Waals surface area contributed by atoms with Crippen LogP contribution in [0.3, 0.4) is 0 Å². The van der Waals surface area contributed by atoms with Crippen LogP contribution in [-0.4, -0.2) is 31.0 Å². The Morgan fingerprint density at radius 1 is 1.38 bits per heavy atom. The van der Waals surface area contributed by atoms with E-state index in [-0.39, 0.29) is 15.9 Å². The highest BCUT2D eigenvalue weighted by Crippen LogP contribution is 2.28. The zero-order chi connectivity index (χ0) is 15.5. The van der Waals surface area contributed by atoms with Crippen molar-refractivity contribution in [1.82, 2.24) is 4.72 Å². The second kappa shape index (κ2) is 7.09. The number of thioether (sulfide) groups is 1. The van der Waals surface area contributed by atoms with Crippen molar-refractivity contribution in [2.24, 2.45) is 5.73 Å². The van der Waals surface area contributed by atoms with Crippen LogP contribution in [0.25, 0.3) is 0 Å². The van der Waals surface area contributed by atoms with Crippen LogP contribution >= 0.6 is 24.0 Å². The van der Waals surface area contributed by atoms with Gasteiger partial charge in [0.1, 0.15) is 4.99 Å². The highest BCUT2D eigenvalue weighted by molar-refractivity contribution is 7.99. The Hall–Kier alpha value is -0.630. The molecule has 2 rings (SSSR count). The fraction of sp³-hybridized carbons (Fsp3) is 0.500. The molecule has 3 N–H and O–H groups in total. The first kappa shape index (κ1) is 16.7. The quantitative estimate of drug-likeness (QED) is 0.802. The van der Waals surface area contributed by atoms with E-state index in [0.717, 1.165) is 25.7 Å². The molecule has 1 saturated carbocycles. The van der Waals surface area contributed by atoms with Crippen molar-refractivity contribution in [3.05, 3.63) is 29.8 Å². The van der Waals surface area contributed by atoms with Gasteiger partial charge in [-0.1, -0.05) is 36.8 Å². The average molecular weight is 345 g/mol. The molecule has 2 unspecified atom stereocenters. The van der Waals surface area contributed by atoms with Crippen molar-refractivity contribution in [2.45, 2.75) is 41.9 Å². The van der Waals surface area contributed by atoms with Crippen LogP contribution < -0.4 is 10.5 Å². The maximum absolute atomic E-state index is 12.6. The Balaban J connectivity index is 2.21. The zero-order valence-corrected chi connectivity index (χ0v) is 14.4. The van der Waals surface area contributed by atoms with E-state index in [4.69, 9.17) is 18.0 Å². The molecule has 0 bridgehead atoms. The van der Waals surface area contributed by atoms with Gasteiger partial charge < -0.3 is 5.73 Å². The first-order valence-corrected chi connectivity index (χ1v) is 10.1. The predicted octanol–water partition coefficient (Wildman–Crippen LogP) is 2.27. The van der Waals surface area contributed by atoms with Crippen molar-refractivity contribution in [3.8, 4) is 0 Å². The van der Waals surface area contributed by atoms with Crippen LogP contribution in [-0.2, 0) is 10.0 Å². The number of thiocarbonyl (C=S) groups is 1. The van der Waals surface area contributed by atoms with E-state index < -0.39 is 10.0 Å². The Bertz CT molecular complexity index is 616. The number of benzene rings is 1. The van der Waals surface area contributed by atoms with Gasteiger partial charge in [0.05, 0.1) is 4.90 Å². The largest absolute Gasteiger partial charge is 0.389 e. The summed E-state index contributed by atoms with van der Waals surface area (Å²) in [5, 5.41) is 0.525. The van der Waals surface area contributed by atoms with Crippen LogP contribution in [0.4, 0.5) is 0 Å². The molecule has 1 aliphatic rings. The Morgan fingerprint density at radius 3 is 2.76 bits per heavy atom. The summed E-state index contributed by atoms with van der Waals surface area (Å²) in [7, 11) is -3.59. The van der Waals surface area contributed by atoms with Gasteiger partial charge in [0.25, 0.3) is 0 Å². The summed E-state index contributed by atoms with van der Waals surface area (Å²) >= 11 is 6.75. The van der Waals surface area contributed by atoms with Crippen LogP contribution in [0.5, 0.6) is 0 Å². The van der Waals surface area contributed by atoms with E-state index in [0.29, 0.717) is 10.8 Å². The van der Waals surface area contributed by atoms with Crippen LogP contribution in [0.2, 0.25) is 0 Å². The predicted molar refractivity (Wildman–Crippen MR) is 92.2 cm³/mol. The minimum Gasteiger partial charge on any atom is -0.389 e. The van der Waals surface area contributed by atoms with E-state index in [1.165, 1.54) is 0 Å². The number of hydrogen-bond acceptors (Lipinski definition) is 4. The molecule has 1 aromatic carbocycles. The third-order valence-corrected chi connectivity index (χ3v) is 6.62. The number of hydrogen-bond donors (Lipinski definition) is 2. The highest BCUT2D eigenvalue weighted by Gasteiger charge is 2.27. The molecular weight excluding hydrogens is 324 g/mol. The topological polar surface area (TPSA) is 72.2 Å². The molecule has 21 heavy (non-hydrogen) atoms. The summed E-state index contributed by atoms with van der Waals surface area (Å²) in [6.07, 6.45) is 6.03. The summed E-state index contributed by atoms with van der Waals surface area (Å²) in [5.74, 6) is 0. The van der Waals surface area contributed by atoms with Crippen molar-refractivity contribution >= 4 is 39.0 Å². The lowest BCUT2D eigenvalue weighted by atomic mass is 9.96. The van der Waals surface area contributed by atoms with Crippen LogP contribution in [0.15, 0.2) is 29.2 Å². The lowest BCUT2D eigenvalue weighted by Crippen LogP contribution is -2.39. The Morgan fingerprint density at radius 2 is 2.10 bits per heavy atom. The van der Waals surface area contributed by atoms with Gasteiger partial charge in [-0.3, -0.25) is 0 Å². The molecule has 0 saturated heterocycles. The number of nitrogens with two attached hydrogens (primary N) is 1. The summed E-state index contributed by atoms with van der Waals surface area (Å²) in [6, 6.07) is 6.59. The molecule has 1 aliphatic carbocycles. The maximum Gasteiger partial charge on any atom is 0.241 e. The molecule has 7 heteroatoms.